The molecule has 1 aromatic carbocycles. The van der Waals surface area contributed by atoms with Crippen molar-refractivity contribution in [1.82, 2.24) is 9.97 Å². The normalized spacial score (nSPS) is 12.1. The molecule has 0 saturated carbocycles. The lowest BCUT2D eigenvalue weighted by Crippen LogP contribution is -2.04. The molecular weight excluding hydrogens is 216 g/mol. The van der Waals surface area contributed by atoms with E-state index >= 15 is 0 Å². The lowest BCUT2D eigenvalue weighted by molar-refractivity contribution is 0.209. The molecule has 1 aromatic heterocycles. The van der Waals surface area contributed by atoms with Crippen LogP contribution in [-0.2, 0) is 0 Å². The zero-order chi connectivity index (χ0) is 12.1. The summed E-state index contributed by atoms with van der Waals surface area (Å²) in [7, 11) is 0. The van der Waals surface area contributed by atoms with E-state index in [1.807, 2.05) is 25.1 Å². The van der Waals surface area contributed by atoms with E-state index in [0.717, 1.165) is 11.3 Å². The minimum Gasteiger partial charge on any atom is -0.494 e. The van der Waals surface area contributed by atoms with Crippen molar-refractivity contribution in [3.05, 3.63) is 54.1 Å². The fourth-order valence-corrected chi connectivity index (χ4v) is 1.54. The highest BCUT2D eigenvalue weighted by atomic mass is 16.5. The Hall–Kier alpha value is -1.94. The van der Waals surface area contributed by atoms with Gasteiger partial charge < -0.3 is 9.84 Å². The number of aromatic nitrogens is 2. The Balaban J connectivity index is 2.25. The van der Waals surface area contributed by atoms with Crippen molar-refractivity contribution >= 4 is 0 Å². The van der Waals surface area contributed by atoms with E-state index in [9.17, 15) is 5.11 Å². The minimum absolute atomic E-state index is 0.390. The van der Waals surface area contributed by atoms with E-state index < -0.39 is 6.10 Å². The largest absolute Gasteiger partial charge is 0.494 e. The molecule has 0 bridgehead atoms. The van der Waals surface area contributed by atoms with Crippen LogP contribution in [0.5, 0.6) is 5.75 Å². The molecule has 0 aliphatic heterocycles. The predicted molar refractivity (Wildman–Crippen MR) is 63.7 cm³/mol. The second kappa shape index (κ2) is 5.41. The first-order valence-electron chi connectivity index (χ1n) is 5.49. The molecule has 1 atom stereocenters. The van der Waals surface area contributed by atoms with Crippen molar-refractivity contribution in [2.45, 2.75) is 13.0 Å². The number of benzene rings is 1. The van der Waals surface area contributed by atoms with Crippen molar-refractivity contribution < 1.29 is 9.84 Å². The summed E-state index contributed by atoms with van der Waals surface area (Å²) in [6, 6.07) is 9.03. The average Bonchev–Trinajstić information content (AvgIpc) is 2.40. The van der Waals surface area contributed by atoms with Gasteiger partial charge in [0.1, 0.15) is 11.9 Å². The quantitative estimate of drug-likeness (QED) is 0.872. The molecule has 0 radical (unpaired) electrons. The highest BCUT2D eigenvalue weighted by Gasteiger charge is 2.13. The molecule has 4 heteroatoms. The molecule has 0 fully saturated rings. The summed E-state index contributed by atoms with van der Waals surface area (Å²) in [5.41, 5.74) is 0.724. The van der Waals surface area contributed by atoms with Crippen LogP contribution in [0.4, 0.5) is 0 Å². The van der Waals surface area contributed by atoms with Crippen LogP contribution in [-0.4, -0.2) is 21.7 Å². The van der Waals surface area contributed by atoms with E-state index in [1.54, 1.807) is 24.5 Å². The molecule has 1 heterocycles. The molecule has 4 nitrogen and oxygen atoms in total. The molecule has 17 heavy (non-hydrogen) atoms. The van der Waals surface area contributed by atoms with E-state index in [0.29, 0.717) is 12.4 Å². The molecule has 0 saturated heterocycles. The highest BCUT2D eigenvalue weighted by molar-refractivity contribution is 5.32. The fraction of sp³-hybridized carbons (Fsp3) is 0.231. The number of hydrogen-bond acceptors (Lipinski definition) is 4. The molecule has 0 aliphatic rings. The lowest BCUT2D eigenvalue weighted by atomic mass is 10.1. The zero-order valence-corrected chi connectivity index (χ0v) is 9.58. The summed E-state index contributed by atoms with van der Waals surface area (Å²) in [4.78, 5) is 8.06. The first-order chi connectivity index (χ1) is 8.31. The molecule has 1 N–H and O–H groups in total. The van der Waals surface area contributed by atoms with Gasteiger partial charge >= 0.3 is 0 Å². The zero-order valence-electron chi connectivity index (χ0n) is 9.58. The van der Waals surface area contributed by atoms with Gasteiger partial charge in [0, 0.05) is 12.4 Å². The molecule has 2 rings (SSSR count). The van der Waals surface area contributed by atoms with Crippen LogP contribution < -0.4 is 4.74 Å². The van der Waals surface area contributed by atoms with E-state index in [2.05, 4.69) is 9.97 Å². The van der Waals surface area contributed by atoms with Crippen LogP contribution in [0, 0.1) is 0 Å². The molecule has 88 valence electrons. The summed E-state index contributed by atoms with van der Waals surface area (Å²) in [6.07, 6.45) is 2.40. The predicted octanol–water partition coefficient (Wildman–Crippen LogP) is 1.96. The number of hydrogen-bond donors (Lipinski definition) is 1. The number of aliphatic hydroxyl groups excluding tert-OH is 1. The second-order valence-electron chi connectivity index (χ2n) is 3.52. The van der Waals surface area contributed by atoms with Crippen molar-refractivity contribution in [2.24, 2.45) is 0 Å². The molecule has 2 aromatic rings. The Morgan fingerprint density at radius 1 is 1.24 bits per heavy atom. The average molecular weight is 230 g/mol. The van der Waals surface area contributed by atoms with Gasteiger partial charge in [0.2, 0.25) is 0 Å². The molecule has 0 amide bonds. The summed E-state index contributed by atoms with van der Waals surface area (Å²) in [5, 5.41) is 10.1. The molecule has 0 spiro atoms. The summed E-state index contributed by atoms with van der Waals surface area (Å²) in [5.74, 6) is 1.13. The third-order valence-corrected chi connectivity index (χ3v) is 2.32. The standard InChI is InChI=1S/C13H14N2O2/c1-2-17-11-6-3-5-10(9-11)12(16)13-14-7-4-8-15-13/h3-9,12,16H,2H2,1H3. The monoisotopic (exact) mass is 230 g/mol. The topological polar surface area (TPSA) is 55.2 Å². The van der Waals surface area contributed by atoms with Crippen LogP contribution in [0.15, 0.2) is 42.7 Å². The van der Waals surface area contributed by atoms with Gasteiger partial charge in [-0.2, -0.15) is 0 Å². The minimum atomic E-state index is -0.823. The van der Waals surface area contributed by atoms with Gasteiger partial charge in [0.05, 0.1) is 6.61 Å². The van der Waals surface area contributed by atoms with Gasteiger partial charge in [-0.3, -0.25) is 0 Å². The molecule has 0 aliphatic carbocycles. The maximum Gasteiger partial charge on any atom is 0.161 e. The number of rotatable bonds is 4. The first-order valence-corrected chi connectivity index (χ1v) is 5.49. The van der Waals surface area contributed by atoms with Crippen LogP contribution in [0.1, 0.15) is 24.4 Å². The van der Waals surface area contributed by atoms with E-state index in [4.69, 9.17) is 4.74 Å². The third kappa shape index (κ3) is 2.79. The van der Waals surface area contributed by atoms with Crippen LogP contribution in [0.2, 0.25) is 0 Å². The summed E-state index contributed by atoms with van der Waals surface area (Å²) in [6.45, 7) is 2.52. The van der Waals surface area contributed by atoms with Crippen molar-refractivity contribution in [3.63, 3.8) is 0 Å². The summed E-state index contributed by atoms with van der Waals surface area (Å²) >= 11 is 0. The first kappa shape index (κ1) is 11.5. The van der Waals surface area contributed by atoms with Gasteiger partial charge in [-0.05, 0) is 30.7 Å². The molecule has 1 unspecified atom stereocenters. The van der Waals surface area contributed by atoms with Crippen LogP contribution >= 0.6 is 0 Å². The molecular formula is C13H14N2O2. The number of nitrogens with zero attached hydrogens (tertiary/aromatic N) is 2. The Bertz CT molecular complexity index is 474. The highest BCUT2D eigenvalue weighted by Crippen LogP contribution is 2.22. The number of aliphatic hydroxyl groups is 1. The Kier molecular flexibility index (Phi) is 3.67. The fourth-order valence-electron chi connectivity index (χ4n) is 1.54. The Labute approximate surface area is 99.9 Å². The van der Waals surface area contributed by atoms with Gasteiger partial charge in [-0.25, -0.2) is 9.97 Å². The summed E-state index contributed by atoms with van der Waals surface area (Å²) < 4.78 is 5.38. The van der Waals surface area contributed by atoms with Gasteiger partial charge in [-0.15, -0.1) is 0 Å². The maximum absolute atomic E-state index is 10.1. The van der Waals surface area contributed by atoms with E-state index in [1.165, 1.54) is 0 Å². The van der Waals surface area contributed by atoms with Crippen molar-refractivity contribution in [1.29, 1.82) is 0 Å². The van der Waals surface area contributed by atoms with Gasteiger partial charge in [-0.1, -0.05) is 12.1 Å². The third-order valence-electron chi connectivity index (χ3n) is 2.32. The van der Waals surface area contributed by atoms with Crippen molar-refractivity contribution in [3.8, 4) is 5.75 Å². The Morgan fingerprint density at radius 2 is 2.00 bits per heavy atom. The van der Waals surface area contributed by atoms with Gasteiger partial charge in [0.15, 0.2) is 5.82 Å². The second-order valence-corrected chi connectivity index (χ2v) is 3.52. The SMILES string of the molecule is CCOc1cccc(C(O)c2ncccn2)c1. The maximum atomic E-state index is 10.1. The van der Waals surface area contributed by atoms with Crippen molar-refractivity contribution in [2.75, 3.05) is 6.61 Å². The van der Waals surface area contributed by atoms with Crippen LogP contribution in [0.3, 0.4) is 0 Å². The number of ether oxygens (including phenoxy) is 1. The lowest BCUT2D eigenvalue weighted by Gasteiger charge is -2.11. The van der Waals surface area contributed by atoms with Crippen LogP contribution in [0.25, 0.3) is 0 Å². The Morgan fingerprint density at radius 3 is 2.71 bits per heavy atom. The van der Waals surface area contributed by atoms with E-state index in [-0.39, 0.29) is 0 Å². The van der Waals surface area contributed by atoms with Gasteiger partial charge in [0.25, 0.3) is 0 Å². The smallest absolute Gasteiger partial charge is 0.161 e.